The first-order valence-electron chi connectivity index (χ1n) is 8.08. The number of rotatable bonds is 4. The van der Waals surface area contributed by atoms with Crippen molar-refractivity contribution in [2.45, 2.75) is 19.9 Å². The summed E-state index contributed by atoms with van der Waals surface area (Å²) >= 11 is 6.02. The Hall–Kier alpha value is -2.65. The molecule has 1 atom stereocenters. The van der Waals surface area contributed by atoms with Crippen LogP contribution in [0.3, 0.4) is 0 Å². The van der Waals surface area contributed by atoms with Crippen LogP contribution in [0.25, 0.3) is 0 Å². The molecule has 0 radical (unpaired) electrons. The zero-order valence-corrected chi connectivity index (χ0v) is 14.9. The number of nitrogens with zero attached hydrogens (tertiary/aromatic N) is 1. The Morgan fingerprint density at radius 3 is 2.64 bits per heavy atom. The lowest BCUT2D eigenvalue weighted by atomic mass is 9.94. The van der Waals surface area contributed by atoms with Crippen molar-refractivity contribution in [3.05, 3.63) is 99.8 Å². The number of hydrogen-bond acceptors (Lipinski definition) is 2. The van der Waals surface area contributed by atoms with Crippen LogP contribution < -0.4 is 5.32 Å². The van der Waals surface area contributed by atoms with E-state index >= 15 is 0 Å². The molecule has 25 heavy (non-hydrogen) atoms. The Balaban J connectivity index is 2.00. The Labute approximate surface area is 152 Å². The zero-order chi connectivity index (χ0) is 17.8. The molecule has 1 unspecified atom stereocenters. The predicted octanol–water partition coefficient (Wildman–Crippen LogP) is 4.87. The van der Waals surface area contributed by atoms with E-state index in [-0.39, 0.29) is 11.9 Å². The van der Waals surface area contributed by atoms with E-state index in [4.69, 9.17) is 11.6 Å². The highest BCUT2D eigenvalue weighted by molar-refractivity contribution is 6.30. The Morgan fingerprint density at radius 1 is 1.08 bits per heavy atom. The van der Waals surface area contributed by atoms with Gasteiger partial charge < -0.3 is 5.32 Å². The third kappa shape index (κ3) is 4.06. The SMILES string of the molecule is Cc1ccc(C)c(C(NC(=O)c2cccc(Cl)c2)c2cccnc2)c1. The Bertz CT molecular complexity index is 893. The molecule has 1 aromatic heterocycles. The van der Waals surface area contributed by atoms with E-state index in [0.717, 1.165) is 22.3 Å². The fourth-order valence-electron chi connectivity index (χ4n) is 2.80. The van der Waals surface area contributed by atoms with Gasteiger partial charge in [-0.05, 0) is 54.8 Å². The molecule has 1 amide bonds. The number of nitrogens with one attached hydrogen (secondary N) is 1. The van der Waals surface area contributed by atoms with E-state index in [1.165, 1.54) is 0 Å². The monoisotopic (exact) mass is 350 g/mol. The summed E-state index contributed by atoms with van der Waals surface area (Å²) in [6.45, 7) is 4.09. The maximum Gasteiger partial charge on any atom is 0.252 e. The lowest BCUT2D eigenvalue weighted by molar-refractivity contribution is 0.0943. The minimum atomic E-state index is -0.278. The molecule has 3 rings (SSSR count). The van der Waals surface area contributed by atoms with E-state index in [9.17, 15) is 4.79 Å². The molecule has 0 aliphatic rings. The number of benzene rings is 2. The van der Waals surface area contributed by atoms with E-state index in [0.29, 0.717) is 10.6 Å². The average Bonchev–Trinajstić information content (AvgIpc) is 2.62. The smallest absolute Gasteiger partial charge is 0.252 e. The average molecular weight is 351 g/mol. The third-order valence-corrected chi connectivity index (χ3v) is 4.36. The van der Waals surface area contributed by atoms with Crippen LogP contribution in [0.4, 0.5) is 0 Å². The van der Waals surface area contributed by atoms with Crippen LogP contribution in [-0.2, 0) is 0 Å². The van der Waals surface area contributed by atoms with Gasteiger partial charge in [-0.1, -0.05) is 47.5 Å². The number of carbonyl (C=O) groups excluding carboxylic acids is 1. The van der Waals surface area contributed by atoms with Crippen molar-refractivity contribution < 1.29 is 4.79 Å². The second-order valence-corrected chi connectivity index (χ2v) is 6.50. The molecule has 1 N–H and O–H groups in total. The molecule has 0 aliphatic heterocycles. The van der Waals surface area contributed by atoms with E-state index in [1.807, 2.05) is 26.0 Å². The molecule has 3 nitrogen and oxygen atoms in total. The maximum absolute atomic E-state index is 12.8. The van der Waals surface area contributed by atoms with Crippen molar-refractivity contribution in [3.63, 3.8) is 0 Å². The van der Waals surface area contributed by atoms with Gasteiger partial charge in [0.05, 0.1) is 6.04 Å². The normalized spacial score (nSPS) is 11.8. The van der Waals surface area contributed by atoms with Gasteiger partial charge in [0.15, 0.2) is 0 Å². The molecule has 1 heterocycles. The molecule has 4 heteroatoms. The van der Waals surface area contributed by atoms with Crippen molar-refractivity contribution in [1.29, 1.82) is 0 Å². The van der Waals surface area contributed by atoms with E-state index in [2.05, 4.69) is 28.5 Å². The van der Waals surface area contributed by atoms with Crippen LogP contribution >= 0.6 is 11.6 Å². The van der Waals surface area contributed by atoms with Crippen LogP contribution in [0.5, 0.6) is 0 Å². The van der Waals surface area contributed by atoms with Gasteiger partial charge >= 0.3 is 0 Å². The molecule has 3 aromatic rings. The summed E-state index contributed by atoms with van der Waals surface area (Å²) in [7, 11) is 0. The quantitative estimate of drug-likeness (QED) is 0.729. The lowest BCUT2D eigenvalue weighted by Gasteiger charge is -2.22. The lowest BCUT2D eigenvalue weighted by Crippen LogP contribution is -2.30. The Morgan fingerprint density at radius 2 is 1.92 bits per heavy atom. The summed E-state index contributed by atoms with van der Waals surface area (Å²) < 4.78 is 0. The molecule has 126 valence electrons. The highest BCUT2D eigenvalue weighted by atomic mass is 35.5. The molecule has 0 spiro atoms. The molecule has 0 aliphatic carbocycles. The van der Waals surface area contributed by atoms with Gasteiger partial charge in [-0.3, -0.25) is 9.78 Å². The predicted molar refractivity (Wildman–Crippen MR) is 101 cm³/mol. The summed E-state index contributed by atoms with van der Waals surface area (Å²) in [5.41, 5.74) is 4.79. The highest BCUT2D eigenvalue weighted by Crippen LogP contribution is 2.26. The van der Waals surface area contributed by atoms with Crippen LogP contribution in [-0.4, -0.2) is 10.9 Å². The molecule has 0 saturated carbocycles. The number of amides is 1. The number of pyridine rings is 1. The summed E-state index contributed by atoms with van der Waals surface area (Å²) in [4.78, 5) is 17.0. The Kier molecular flexibility index (Phi) is 5.15. The number of aromatic nitrogens is 1. The van der Waals surface area contributed by atoms with Crippen LogP contribution in [0.2, 0.25) is 5.02 Å². The van der Waals surface area contributed by atoms with Gasteiger partial charge in [-0.2, -0.15) is 0 Å². The summed E-state index contributed by atoms with van der Waals surface area (Å²) in [6, 6.07) is 16.8. The highest BCUT2D eigenvalue weighted by Gasteiger charge is 2.20. The van der Waals surface area contributed by atoms with Crippen molar-refractivity contribution in [3.8, 4) is 0 Å². The second kappa shape index (κ2) is 7.49. The third-order valence-electron chi connectivity index (χ3n) is 4.13. The second-order valence-electron chi connectivity index (χ2n) is 6.06. The fraction of sp³-hybridized carbons (Fsp3) is 0.143. The molecule has 0 saturated heterocycles. The van der Waals surface area contributed by atoms with Gasteiger partial charge in [-0.15, -0.1) is 0 Å². The van der Waals surface area contributed by atoms with Gasteiger partial charge in [0.25, 0.3) is 5.91 Å². The molecule has 0 fully saturated rings. The number of carbonyl (C=O) groups is 1. The topological polar surface area (TPSA) is 42.0 Å². The standard InChI is InChI=1S/C21H19ClN2O/c1-14-8-9-15(2)19(11-14)20(17-6-4-10-23-13-17)24-21(25)16-5-3-7-18(22)12-16/h3-13,20H,1-2H3,(H,24,25). The minimum absolute atomic E-state index is 0.169. The van der Waals surface area contributed by atoms with E-state index in [1.54, 1.807) is 36.7 Å². The van der Waals surface area contributed by atoms with Gasteiger partial charge in [0.2, 0.25) is 0 Å². The fourth-order valence-corrected chi connectivity index (χ4v) is 2.99. The minimum Gasteiger partial charge on any atom is -0.341 e. The molecule has 0 bridgehead atoms. The molecule has 2 aromatic carbocycles. The van der Waals surface area contributed by atoms with Crippen molar-refractivity contribution in [2.75, 3.05) is 0 Å². The van der Waals surface area contributed by atoms with Gasteiger partial charge in [-0.25, -0.2) is 0 Å². The summed E-state index contributed by atoms with van der Waals surface area (Å²) in [5, 5.41) is 3.66. The number of aryl methyl sites for hydroxylation is 2. The van der Waals surface area contributed by atoms with Crippen LogP contribution in [0.15, 0.2) is 67.0 Å². The van der Waals surface area contributed by atoms with Crippen LogP contribution in [0.1, 0.15) is 38.7 Å². The van der Waals surface area contributed by atoms with Gasteiger partial charge in [0.1, 0.15) is 0 Å². The van der Waals surface area contributed by atoms with Crippen molar-refractivity contribution in [1.82, 2.24) is 10.3 Å². The first-order chi connectivity index (χ1) is 12.0. The first-order valence-corrected chi connectivity index (χ1v) is 8.46. The largest absolute Gasteiger partial charge is 0.341 e. The van der Waals surface area contributed by atoms with Crippen molar-refractivity contribution >= 4 is 17.5 Å². The first kappa shape index (κ1) is 17.2. The molecular weight excluding hydrogens is 332 g/mol. The van der Waals surface area contributed by atoms with Gasteiger partial charge in [0, 0.05) is 23.0 Å². The summed E-state index contributed by atoms with van der Waals surface area (Å²) in [6.07, 6.45) is 3.51. The van der Waals surface area contributed by atoms with Crippen molar-refractivity contribution in [2.24, 2.45) is 0 Å². The molecular formula is C21H19ClN2O. The number of hydrogen-bond donors (Lipinski definition) is 1. The number of halogens is 1. The van der Waals surface area contributed by atoms with Crippen LogP contribution in [0, 0.1) is 13.8 Å². The maximum atomic E-state index is 12.8. The zero-order valence-electron chi connectivity index (χ0n) is 14.2. The van der Waals surface area contributed by atoms with E-state index < -0.39 is 0 Å². The summed E-state index contributed by atoms with van der Waals surface area (Å²) in [5.74, 6) is -0.169.